The number of aromatic nitrogens is 1. The van der Waals surface area contributed by atoms with Gasteiger partial charge in [0.05, 0.1) is 0 Å². The molecule has 0 aliphatic rings. The van der Waals surface area contributed by atoms with Crippen molar-refractivity contribution in [2.24, 2.45) is 5.92 Å². The molecule has 1 heterocycles. The minimum absolute atomic E-state index is 0.0909. The zero-order chi connectivity index (χ0) is 18.4. The Balaban J connectivity index is 1.97. The molecule has 0 unspecified atom stereocenters. The highest BCUT2D eigenvalue weighted by atomic mass is 16.2. The van der Waals surface area contributed by atoms with Gasteiger partial charge in [-0.05, 0) is 53.8 Å². The van der Waals surface area contributed by atoms with E-state index >= 15 is 0 Å². The number of fused-ring (bicyclic) bond motifs is 1. The Hall–Kier alpha value is -2.30. The fraction of sp³-hybridized carbons (Fsp3) is 0.500. The second-order valence-corrected chi connectivity index (χ2v) is 7.24. The van der Waals surface area contributed by atoms with Crippen LogP contribution >= 0.6 is 0 Å². The summed E-state index contributed by atoms with van der Waals surface area (Å²) in [5, 5.41) is 6.67. The minimum atomic E-state index is -0.181. The van der Waals surface area contributed by atoms with Gasteiger partial charge in [0.25, 0.3) is 5.56 Å². The first-order valence-corrected chi connectivity index (χ1v) is 9.04. The molecule has 25 heavy (non-hydrogen) atoms. The Morgan fingerprint density at radius 1 is 1.08 bits per heavy atom. The summed E-state index contributed by atoms with van der Waals surface area (Å²) in [6.45, 7) is 9.64. The van der Waals surface area contributed by atoms with Crippen LogP contribution in [0, 0.1) is 5.92 Å². The second-order valence-electron chi connectivity index (χ2n) is 7.24. The molecule has 136 valence electrons. The standard InChI is InChI=1S/C20H29N3O2/c1-13(2)7-9-21-20(25)22-10-8-16-12-17-11-15(14(3)4)5-6-18(17)23-19(16)24/h5-6,11-14H,7-10H2,1-4H3,(H,23,24)(H2,21,22,25). The summed E-state index contributed by atoms with van der Waals surface area (Å²) in [5.41, 5.74) is 2.69. The number of carbonyl (C=O) groups is 1. The highest BCUT2D eigenvalue weighted by molar-refractivity contribution is 5.80. The van der Waals surface area contributed by atoms with Crippen molar-refractivity contribution in [1.29, 1.82) is 0 Å². The fourth-order valence-electron chi connectivity index (χ4n) is 2.66. The number of nitrogens with one attached hydrogen (secondary N) is 3. The van der Waals surface area contributed by atoms with E-state index in [0.29, 0.717) is 36.9 Å². The lowest BCUT2D eigenvalue weighted by molar-refractivity contribution is 0.240. The number of aromatic amines is 1. The Labute approximate surface area is 149 Å². The van der Waals surface area contributed by atoms with Crippen molar-refractivity contribution in [3.8, 4) is 0 Å². The molecule has 5 heteroatoms. The predicted molar refractivity (Wildman–Crippen MR) is 103 cm³/mol. The van der Waals surface area contributed by atoms with E-state index in [-0.39, 0.29) is 11.6 Å². The van der Waals surface area contributed by atoms with E-state index in [1.54, 1.807) is 0 Å². The largest absolute Gasteiger partial charge is 0.338 e. The molecule has 0 bridgehead atoms. The smallest absolute Gasteiger partial charge is 0.314 e. The number of benzene rings is 1. The van der Waals surface area contributed by atoms with E-state index in [0.717, 1.165) is 17.3 Å². The molecule has 2 amide bonds. The number of carbonyl (C=O) groups excluding carboxylic acids is 1. The molecule has 0 atom stereocenters. The average Bonchev–Trinajstić information content (AvgIpc) is 2.54. The number of H-pyrrole nitrogens is 1. The molecular formula is C20H29N3O2. The van der Waals surface area contributed by atoms with Crippen molar-refractivity contribution in [3.05, 3.63) is 45.7 Å². The molecule has 0 radical (unpaired) electrons. The van der Waals surface area contributed by atoms with Gasteiger partial charge in [0.2, 0.25) is 0 Å². The molecular weight excluding hydrogens is 314 g/mol. The molecule has 2 aromatic rings. The van der Waals surface area contributed by atoms with Gasteiger partial charge in [-0.3, -0.25) is 4.79 Å². The topological polar surface area (TPSA) is 74.0 Å². The SMILES string of the molecule is CC(C)CCNC(=O)NCCc1cc2cc(C(C)C)ccc2[nH]c1=O. The molecule has 0 aliphatic heterocycles. The highest BCUT2D eigenvalue weighted by Crippen LogP contribution is 2.20. The molecule has 0 saturated heterocycles. The van der Waals surface area contributed by atoms with E-state index in [4.69, 9.17) is 0 Å². The fourth-order valence-corrected chi connectivity index (χ4v) is 2.66. The summed E-state index contributed by atoms with van der Waals surface area (Å²) in [6, 6.07) is 7.87. The number of hydrogen-bond acceptors (Lipinski definition) is 2. The van der Waals surface area contributed by atoms with Gasteiger partial charge in [-0.25, -0.2) is 4.79 Å². The third-order valence-corrected chi connectivity index (χ3v) is 4.30. The van der Waals surface area contributed by atoms with Crippen LogP contribution in [0.5, 0.6) is 0 Å². The van der Waals surface area contributed by atoms with Crippen LogP contribution in [-0.2, 0) is 6.42 Å². The molecule has 1 aromatic carbocycles. The quantitative estimate of drug-likeness (QED) is 0.719. The zero-order valence-electron chi connectivity index (χ0n) is 15.6. The van der Waals surface area contributed by atoms with Crippen LogP contribution in [-0.4, -0.2) is 24.1 Å². The third kappa shape index (κ3) is 5.62. The van der Waals surface area contributed by atoms with E-state index in [1.165, 1.54) is 5.56 Å². The summed E-state index contributed by atoms with van der Waals surface area (Å²) in [4.78, 5) is 26.8. The lowest BCUT2D eigenvalue weighted by atomic mass is 10.0. The molecule has 0 aliphatic carbocycles. The number of urea groups is 1. The van der Waals surface area contributed by atoms with Crippen molar-refractivity contribution in [2.75, 3.05) is 13.1 Å². The van der Waals surface area contributed by atoms with Crippen molar-refractivity contribution < 1.29 is 4.79 Å². The maximum Gasteiger partial charge on any atom is 0.314 e. The summed E-state index contributed by atoms with van der Waals surface area (Å²) >= 11 is 0. The van der Waals surface area contributed by atoms with Crippen LogP contribution in [0.15, 0.2) is 29.1 Å². The van der Waals surface area contributed by atoms with Crippen LogP contribution in [0.2, 0.25) is 0 Å². The maximum absolute atomic E-state index is 12.2. The number of rotatable bonds is 7. The first-order chi connectivity index (χ1) is 11.9. The van der Waals surface area contributed by atoms with Crippen molar-refractivity contribution >= 4 is 16.9 Å². The summed E-state index contributed by atoms with van der Waals surface area (Å²) in [7, 11) is 0. The van der Waals surface area contributed by atoms with Gasteiger partial charge < -0.3 is 15.6 Å². The lowest BCUT2D eigenvalue weighted by Crippen LogP contribution is -2.37. The van der Waals surface area contributed by atoms with Gasteiger partial charge in [-0.15, -0.1) is 0 Å². The summed E-state index contributed by atoms with van der Waals surface area (Å²) in [6.07, 6.45) is 1.46. The van der Waals surface area contributed by atoms with Gasteiger partial charge in [0.15, 0.2) is 0 Å². The highest BCUT2D eigenvalue weighted by Gasteiger charge is 2.07. The molecule has 0 saturated carbocycles. The molecule has 1 aromatic heterocycles. The van der Waals surface area contributed by atoms with Gasteiger partial charge in [-0.2, -0.15) is 0 Å². The van der Waals surface area contributed by atoms with Gasteiger partial charge in [0, 0.05) is 24.2 Å². The van der Waals surface area contributed by atoms with Gasteiger partial charge in [-0.1, -0.05) is 33.8 Å². The van der Waals surface area contributed by atoms with E-state index in [9.17, 15) is 9.59 Å². The Morgan fingerprint density at radius 2 is 1.80 bits per heavy atom. The molecule has 0 fully saturated rings. The number of pyridine rings is 1. The number of amides is 2. The van der Waals surface area contributed by atoms with Crippen LogP contribution in [0.25, 0.3) is 10.9 Å². The van der Waals surface area contributed by atoms with Crippen molar-refractivity contribution in [2.45, 2.75) is 46.5 Å². The first kappa shape index (κ1) is 19.0. The van der Waals surface area contributed by atoms with Crippen LogP contribution in [0.3, 0.4) is 0 Å². The Kier molecular flexibility index (Phi) is 6.62. The Bertz CT molecular complexity index is 778. The van der Waals surface area contributed by atoms with Crippen LogP contribution < -0.4 is 16.2 Å². The molecule has 3 N–H and O–H groups in total. The molecule has 0 spiro atoms. The Morgan fingerprint density at radius 3 is 2.48 bits per heavy atom. The second kappa shape index (κ2) is 8.70. The van der Waals surface area contributed by atoms with E-state index in [1.807, 2.05) is 18.2 Å². The van der Waals surface area contributed by atoms with Crippen LogP contribution in [0.1, 0.15) is 51.2 Å². The molecule has 5 nitrogen and oxygen atoms in total. The van der Waals surface area contributed by atoms with Crippen molar-refractivity contribution in [3.63, 3.8) is 0 Å². The third-order valence-electron chi connectivity index (χ3n) is 4.30. The van der Waals surface area contributed by atoms with Crippen LogP contribution in [0.4, 0.5) is 4.79 Å². The minimum Gasteiger partial charge on any atom is -0.338 e. The summed E-state index contributed by atoms with van der Waals surface area (Å²) < 4.78 is 0. The van der Waals surface area contributed by atoms with Gasteiger partial charge >= 0.3 is 6.03 Å². The zero-order valence-corrected chi connectivity index (χ0v) is 15.6. The number of hydrogen-bond donors (Lipinski definition) is 3. The maximum atomic E-state index is 12.2. The normalized spacial score (nSPS) is 11.3. The summed E-state index contributed by atoms with van der Waals surface area (Å²) in [5.74, 6) is 1.00. The lowest BCUT2D eigenvalue weighted by Gasteiger charge is -2.10. The van der Waals surface area contributed by atoms with Gasteiger partial charge in [0.1, 0.15) is 0 Å². The monoisotopic (exact) mass is 343 g/mol. The molecule has 2 rings (SSSR count). The first-order valence-electron chi connectivity index (χ1n) is 9.04. The predicted octanol–water partition coefficient (Wildman–Crippen LogP) is 3.54. The van der Waals surface area contributed by atoms with E-state index < -0.39 is 0 Å². The average molecular weight is 343 g/mol. The van der Waals surface area contributed by atoms with E-state index in [2.05, 4.69) is 49.4 Å². The van der Waals surface area contributed by atoms with Crippen molar-refractivity contribution in [1.82, 2.24) is 15.6 Å².